The molecule has 3 atom stereocenters. The van der Waals surface area contributed by atoms with E-state index < -0.39 is 61.2 Å². The standard InChI is InChI=1S/C30H32N2O7.C12H14O4/c1-5-25-26(39-28(34)17-37-29(35)22-13-18(2)20(4)19(3)14-22)16-27(38-25)32-12-11-23(31-30(32)36)15-24(33)21-9-7-6-8-10-21;1-7-4-10(5-8(2)9(7)3)12(15)16-6-11(13)14/h6-14,25-27H,5,15-17H2,1-4H3;4-5H,6H2,1-3H3,(H,13,14). The number of carbonyl (C=O) groups excluding carboxylic acids is 4. The Hall–Kier alpha value is -5.95. The lowest BCUT2D eigenvalue weighted by atomic mass is 10.0. The van der Waals surface area contributed by atoms with Gasteiger partial charge in [-0.25, -0.2) is 24.0 Å². The molecule has 1 aromatic heterocycles. The number of carboxylic acid groups (broad SMARTS) is 1. The summed E-state index contributed by atoms with van der Waals surface area (Å²) < 4.78 is 22.7. The summed E-state index contributed by atoms with van der Waals surface area (Å²) in [4.78, 5) is 75.9. The third kappa shape index (κ3) is 11.3. The van der Waals surface area contributed by atoms with Crippen LogP contribution in [-0.2, 0) is 35.0 Å². The average molecular weight is 755 g/mol. The smallest absolute Gasteiger partial charge is 0.349 e. The van der Waals surface area contributed by atoms with Gasteiger partial charge < -0.3 is 24.1 Å². The minimum Gasteiger partial charge on any atom is -0.479 e. The molecule has 2 heterocycles. The van der Waals surface area contributed by atoms with Gasteiger partial charge in [0.05, 0.1) is 29.3 Å². The number of benzene rings is 3. The van der Waals surface area contributed by atoms with Crippen LogP contribution in [0.3, 0.4) is 0 Å². The van der Waals surface area contributed by atoms with Crippen molar-refractivity contribution in [2.24, 2.45) is 0 Å². The molecule has 0 saturated carbocycles. The first-order valence-corrected chi connectivity index (χ1v) is 17.8. The summed E-state index contributed by atoms with van der Waals surface area (Å²) in [6, 6.07) is 17.3. The molecule has 5 rings (SSSR count). The predicted octanol–water partition coefficient (Wildman–Crippen LogP) is 5.91. The van der Waals surface area contributed by atoms with E-state index in [2.05, 4.69) is 9.72 Å². The molecule has 0 spiro atoms. The maximum absolute atomic E-state index is 12.7. The second-order valence-corrected chi connectivity index (χ2v) is 13.4. The van der Waals surface area contributed by atoms with E-state index in [4.69, 9.17) is 19.3 Å². The van der Waals surface area contributed by atoms with E-state index in [9.17, 15) is 28.8 Å². The van der Waals surface area contributed by atoms with Crippen molar-refractivity contribution in [1.82, 2.24) is 9.55 Å². The zero-order valence-corrected chi connectivity index (χ0v) is 32.0. The number of ether oxygens (including phenoxy) is 4. The second kappa shape index (κ2) is 18.9. The lowest BCUT2D eigenvalue weighted by Crippen LogP contribution is -2.29. The van der Waals surface area contributed by atoms with Crippen molar-refractivity contribution in [2.45, 2.75) is 86.2 Å². The molecule has 13 heteroatoms. The first kappa shape index (κ1) is 41.8. The van der Waals surface area contributed by atoms with Crippen LogP contribution in [0.15, 0.2) is 71.7 Å². The van der Waals surface area contributed by atoms with Crippen molar-refractivity contribution in [1.29, 1.82) is 0 Å². The molecular formula is C42H46N2O11. The Morgan fingerprint density at radius 2 is 1.31 bits per heavy atom. The van der Waals surface area contributed by atoms with Crippen LogP contribution in [0, 0.1) is 41.5 Å². The molecule has 0 aliphatic carbocycles. The molecule has 4 aromatic rings. The SMILES string of the molecule is CCC1OC(n2ccc(CC(=O)c3ccccc3)nc2=O)CC1OC(=O)COC(=O)c1cc(C)c(C)c(C)c1.Cc1cc(C(=O)OCC(=O)O)cc(C)c1C. The van der Waals surface area contributed by atoms with E-state index in [-0.39, 0.29) is 18.6 Å². The van der Waals surface area contributed by atoms with Crippen molar-refractivity contribution in [3.63, 3.8) is 0 Å². The Morgan fingerprint density at radius 1 is 0.782 bits per heavy atom. The molecule has 13 nitrogen and oxygen atoms in total. The third-order valence-corrected chi connectivity index (χ3v) is 9.47. The molecular weight excluding hydrogens is 708 g/mol. The fourth-order valence-electron chi connectivity index (χ4n) is 5.94. The number of rotatable bonds is 12. The number of aliphatic carboxylic acids is 1. The Balaban J connectivity index is 0.000000352. The predicted molar refractivity (Wildman–Crippen MR) is 201 cm³/mol. The molecule has 55 heavy (non-hydrogen) atoms. The summed E-state index contributed by atoms with van der Waals surface area (Å²) in [5, 5.41) is 8.39. The van der Waals surface area contributed by atoms with Gasteiger partial charge in [0.2, 0.25) is 0 Å². The number of ketones is 1. The van der Waals surface area contributed by atoms with Crippen LogP contribution in [0.2, 0.25) is 0 Å². The van der Waals surface area contributed by atoms with Crippen LogP contribution in [-0.4, -0.2) is 69.7 Å². The van der Waals surface area contributed by atoms with Gasteiger partial charge in [-0.3, -0.25) is 9.36 Å². The highest BCUT2D eigenvalue weighted by Crippen LogP contribution is 2.31. The topological polar surface area (TPSA) is 177 Å². The normalized spacial score (nSPS) is 16.0. The van der Waals surface area contributed by atoms with Gasteiger partial charge in [0.25, 0.3) is 0 Å². The number of aryl methyl sites for hydroxylation is 4. The highest BCUT2D eigenvalue weighted by Gasteiger charge is 2.38. The van der Waals surface area contributed by atoms with Crippen molar-refractivity contribution >= 4 is 29.7 Å². The number of hydrogen-bond donors (Lipinski definition) is 1. The molecule has 1 N–H and O–H groups in total. The average Bonchev–Trinajstić information content (AvgIpc) is 3.56. The van der Waals surface area contributed by atoms with Crippen molar-refractivity contribution in [2.75, 3.05) is 13.2 Å². The largest absolute Gasteiger partial charge is 0.479 e. The Kier molecular flexibility index (Phi) is 14.4. The molecule has 3 aromatic carbocycles. The highest BCUT2D eigenvalue weighted by atomic mass is 16.6. The molecule has 1 aliphatic rings. The quantitative estimate of drug-likeness (QED) is 0.103. The van der Waals surface area contributed by atoms with Crippen LogP contribution in [0.5, 0.6) is 0 Å². The number of hydrogen-bond acceptors (Lipinski definition) is 11. The lowest BCUT2D eigenvalue weighted by molar-refractivity contribution is -0.155. The van der Waals surface area contributed by atoms with Crippen molar-refractivity contribution in [3.8, 4) is 0 Å². The lowest BCUT2D eigenvalue weighted by Gasteiger charge is -2.17. The highest BCUT2D eigenvalue weighted by molar-refractivity contribution is 5.97. The molecule has 1 fully saturated rings. The molecule has 1 saturated heterocycles. The first-order valence-electron chi connectivity index (χ1n) is 17.8. The Bertz CT molecular complexity index is 2080. The minimum atomic E-state index is -1.16. The number of nitrogens with zero attached hydrogens (tertiary/aromatic N) is 2. The summed E-state index contributed by atoms with van der Waals surface area (Å²) in [5.41, 5.74) is 7.23. The zero-order valence-electron chi connectivity index (χ0n) is 32.0. The molecule has 0 radical (unpaired) electrons. The van der Waals surface area contributed by atoms with E-state index in [1.807, 2.05) is 54.5 Å². The molecule has 3 unspecified atom stereocenters. The first-order chi connectivity index (χ1) is 26.1. The van der Waals surface area contributed by atoms with Gasteiger partial charge in [0.1, 0.15) is 12.3 Å². The van der Waals surface area contributed by atoms with E-state index in [1.54, 1.807) is 54.6 Å². The van der Waals surface area contributed by atoms with Gasteiger partial charge in [-0.05, 0) is 112 Å². The van der Waals surface area contributed by atoms with Gasteiger partial charge in [0, 0.05) is 18.2 Å². The summed E-state index contributed by atoms with van der Waals surface area (Å²) in [7, 11) is 0. The van der Waals surface area contributed by atoms with E-state index >= 15 is 0 Å². The second-order valence-electron chi connectivity index (χ2n) is 13.4. The number of aromatic nitrogens is 2. The Labute approximate surface area is 319 Å². The van der Waals surface area contributed by atoms with Crippen LogP contribution in [0.1, 0.15) is 96.1 Å². The van der Waals surface area contributed by atoms with Gasteiger partial charge >= 0.3 is 29.6 Å². The van der Waals surface area contributed by atoms with E-state index in [1.165, 1.54) is 10.8 Å². The Morgan fingerprint density at radius 3 is 1.80 bits per heavy atom. The summed E-state index contributed by atoms with van der Waals surface area (Å²) in [6.45, 7) is 12.3. The van der Waals surface area contributed by atoms with Gasteiger partial charge in [-0.2, -0.15) is 4.98 Å². The van der Waals surface area contributed by atoms with Gasteiger partial charge in [0.15, 0.2) is 19.0 Å². The summed E-state index contributed by atoms with van der Waals surface area (Å²) >= 11 is 0. The molecule has 0 amide bonds. The van der Waals surface area contributed by atoms with Gasteiger partial charge in [-0.15, -0.1) is 0 Å². The van der Waals surface area contributed by atoms with Crippen LogP contribution in [0.25, 0.3) is 0 Å². The van der Waals surface area contributed by atoms with Crippen LogP contribution < -0.4 is 5.69 Å². The van der Waals surface area contributed by atoms with Crippen LogP contribution >= 0.6 is 0 Å². The van der Waals surface area contributed by atoms with Crippen molar-refractivity contribution in [3.05, 3.63) is 133 Å². The van der Waals surface area contributed by atoms with E-state index in [0.717, 1.165) is 33.4 Å². The number of carbonyl (C=O) groups is 5. The maximum atomic E-state index is 12.7. The summed E-state index contributed by atoms with van der Waals surface area (Å²) in [5.74, 6) is -3.20. The van der Waals surface area contributed by atoms with Gasteiger partial charge in [-0.1, -0.05) is 37.3 Å². The van der Waals surface area contributed by atoms with Crippen LogP contribution in [0.4, 0.5) is 0 Å². The fraction of sp³-hybridized carbons (Fsp3) is 0.357. The minimum absolute atomic E-state index is 0.00386. The number of carboxylic acids is 1. The monoisotopic (exact) mass is 754 g/mol. The summed E-state index contributed by atoms with van der Waals surface area (Å²) in [6.07, 6.45) is 0.569. The maximum Gasteiger partial charge on any atom is 0.349 e. The number of Topliss-reactive ketones (excluding diaryl/α,β-unsaturated/α-hetero) is 1. The molecule has 290 valence electrons. The number of esters is 3. The molecule has 1 aliphatic heterocycles. The zero-order chi connectivity index (χ0) is 40.4. The van der Waals surface area contributed by atoms with E-state index in [0.29, 0.717) is 28.8 Å². The fourth-order valence-corrected chi connectivity index (χ4v) is 5.94. The van der Waals surface area contributed by atoms with Crippen molar-refractivity contribution < 1.29 is 48.0 Å². The third-order valence-electron chi connectivity index (χ3n) is 9.47. The molecule has 0 bridgehead atoms.